The minimum Gasteiger partial charge on any atom is -0.494 e. The number of aromatic nitrogens is 1. The molecule has 144 valence electrons. The summed E-state index contributed by atoms with van der Waals surface area (Å²) in [5, 5.41) is 5.86. The largest absolute Gasteiger partial charge is 0.494 e. The highest BCUT2D eigenvalue weighted by molar-refractivity contribution is 7.80. The van der Waals surface area contributed by atoms with Gasteiger partial charge >= 0.3 is 0 Å². The molecule has 2 rings (SSSR count). The van der Waals surface area contributed by atoms with Crippen LogP contribution in [0.1, 0.15) is 55.8 Å². The van der Waals surface area contributed by atoms with Crippen LogP contribution in [-0.4, -0.2) is 22.6 Å². The first kappa shape index (κ1) is 20.8. The van der Waals surface area contributed by atoms with E-state index in [0.29, 0.717) is 5.56 Å². The van der Waals surface area contributed by atoms with Crippen molar-refractivity contribution in [1.29, 1.82) is 0 Å². The van der Waals surface area contributed by atoms with Crippen molar-refractivity contribution in [2.45, 2.75) is 45.4 Å². The summed E-state index contributed by atoms with van der Waals surface area (Å²) >= 11 is 5.18. The van der Waals surface area contributed by atoms with Gasteiger partial charge in [-0.25, -0.2) is 0 Å². The van der Waals surface area contributed by atoms with Gasteiger partial charge in [-0.05, 0) is 55.0 Å². The third kappa shape index (κ3) is 8.17. The number of amides is 1. The highest BCUT2D eigenvalue weighted by atomic mass is 32.1. The van der Waals surface area contributed by atoms with Crippen LogP contribution >= 0.6 is 12.2 Å². The predicted octanol–water partition coefficient (Wildman–Crippen LogP) is 4.95. The Kier molecular flexibility index (Phi) is 9.27. The molecule has 1 amide bonds. The van der Waals surface area contributed by atoms with Crippen molar-refractivity contribution in [2.24, 2.45) is 0 Å². The van der Waals surface area contributed by atoms with Crippen molar-refractivity contribution in [3.8, 4) is 5.75 Å². The smallest absolute Gasteiger partial charge is 0.258 e. The van der Waals surface area contributed by atoms with Crippen molar-refractivity contribution in [1.82, 2.24) is 10.3 Å². The molecule has 0 aliphatic carbocycles. The van der Waals surface area contributed by atoms with Crippen LogP contribution in [0.2, 0.25) is 0 Å². The number of rotatable bonds is 10. The highest BCUT2D eigenvalue weighted by Gasteiger charge is 2.07. The van der Waals surface area contributed by atoms with E-state index in [1.54, 1.807) is 18.3 Å². The first-order valence-corrected chi connectivity index (χ1v) is 9.85. The van der Waals surface area contributed by atoms with E-state index in [1.165, 1.54) is 38.3 Å². The zero-order chi connectivity index (χ0) is 19.3. The molecular weight excluding hydrogens is 358 g/mol. The number of nitrogens with one attached hydrogen (secondary N) is 2. The number of hydrogen-bond donors (Lipinski definition) is 2. The molecule has 2 N–H and O–H groups in total. The van der Waals surface area contributed by atoms with Crippen molar-refractivity contribution >= 4 is 28.9 Å². The molecule has 0 saturated heterocycles. The van der Waals surface area contributed by atoms with E-state index in [0.717, 1.165) is 24.5 Å². The fourth-order valence-corrected chi connectivity index (χ4v) is 2.75. The number of pyridine rings is 1. The third-order valence-electron chi connectivity index (χ3n) is 4.03. The van der Waals surface area contributed by atoms with E-state index in [4.69, 9.17) is 17.0 Å². The average Bonchev–Trinajstić information content (AvgIpc) is 2.69. The van der Waals surface area contributed by atoms with Gasteiger partial charge in [0.25, 0.3) is 5.91 Å². The van der Waals surface area contributed by atoms with Crippen LogP contribution in [0, 0.1) is 0 Å². The Morgan fingerprint density at radius 2 is 1.81 bits per heavy atom. The molecule has 6 heteroatoms. The first-order chi connectivity index (χ1) is 13.2. The van der Waals surface area contributed by atoms with Gasteiger partial charge in [0.1, 0.15) is 5.75 Å². The summed E-state index contributed by atoms with van der Waals surface area (Å²) < 4.78 is 5.76. The van der Waals surface area contributed by atoms with Crippen LogP contribution in [0.25, 0.3) is 0 Å². The summed E-state index contributed by atoms with van der Waals surface area (Å²) in [5.74, 6) is 0.541. The Hall–Kier alpha value is -2.47. The lowest BCUT2D eigenvalue weighted by molar-refractivity contribution is 0.0977. The summed E-state index contributed by atoms with van der Waals surface area (Å²) in [6.45, 7) is 2.96. The van der Waals surface area contributed by atoms with Crippen molar-refractivity contribution in [3.05, 3.63) is 54.4 Å². The minimum absolute atomic E-state index is 0.240. The van der Waals surface area contributed by atoms with Gasteiger partial charge in [0.05, 0.1) is 12.2 Å². The third-order valence-corrected chi connectivity index (χ3v) is 4.23. The molecule has 27 heavy (non-hydrogen) atoms. The number of benzene rings is 1. The van der Waals surface area contributed by atoms with Gasteiger partial charge in [0.2, 0.25) is 0 Å². The van der Waals surface area contributed by atoms with Crippen molar-refractivity contribution < 1.29 is 9.53 Å². The van der Waals surface area contributed by atoms with Crippen molar-refractivity contribution in [3.63, 3.8) is 0 Å². The molecule has 0 bridgehead atoms. The molecule has 1 aromatic carbocycles. The Morgan fingerprint density at radius 1 is 1.07 bits per heavy atom. The van der Waals surface area contributed by atoms with E-state index < -0.39 is 0 Å². The monoisotopic (exact) mass is 385 g/mol. The number of carbonyl (C=O) groups excluding carboxylic acids is 1. The summed E-state index contributed by atoms with van der Waals surface area (Å²) in [6, 6.07) is 10.9. The zero-order valence-electron chi connectivity index (χ0n) is 15.7. The maximum atomic E-state index is 12.0. The second-order valence-electron chi connectivity index (χ2n) is 6.29. The maximum Gasteiger partial charge on any atom is 0.258 e. The molecule has 2 aromatic rings. The number of nitrogens with zero attached hydrogens (tertiary/aromatic N) is 1. The highest BCUT2D eigenvalue weighted by Crippen LogP contribution is 2.16. The summed E-state index contributed by atoms with van der Waals surface area (Å²) in [6.07, 6.45) is 10.6. The van der Waals surface area contributed by atoms with Gasteiger partial charge in [-0.3, -0.25) is 15.1 Å². The van der Waals surface area contributed by atoms with E-state index in [1.807, 2.05) is 24.3 Å². The zero-order valence-corrected chi connectivity index (χ0v) is 16.6. The van der Waals surface area contributed by atoms with Gasteiger partial charge in [-0.1, -0.05) is 39.0 Å². The molecule has 0 atom stereocenters. The molecule has 0 fully saturated rings. The van der Waals surface area contributed by atoms with Crippen LogP contribution in [0.15, 0.2) is 48.8 Å². The molecule has 0 spiro atoms. The van der Waals surface area contributed by atoms with Gasteiger partial charge in [-0.15, -0.1) is 0 Å². The fraction of sp³-hybridized carbons (Fsp3) is 0.381. The topological polar surface area (TPSA) is 63.2 Å². The normalized spacial score (nSPS) is 10.3. The van der Waals surface area contributed by atoms with Gasteiger partial charge in [0, 0.05) is 18.1 Å². The average molecular weight is 386 g/mol. The van der Waals surface area contributed by atoms with Gasteiger partial charge in [0.15, 0.2) is 5.11 Å². The van der Waals surface area contributed by atoms with Crippen LogP contribution in [0.4, 0.5) is 5.69 Å². The summed E-state index contributed by atoms with van der Waals surface area (Å²) in [7, 11) is 0. The maximum absolute atomic E-state index is 12.0. The molecule has 0 aliphatic heterocycles. The van der Waals surface area contributed by atoms with Crippen LogP contribution in [0.5, 0.6) is 5.75 Å². The lowest BCUT2D eigenvalue weighted by Gasteiger charge is -2.11. The fourth-order valence-electron chi connectivity index (χ4n) is 2.54. The minimum atomic E-state index is -0.292. The predicted molar refractivity (Wildman–Crippen MR) is 113 cm³/mol. The van der Waals surface area contributed by atoms with Gasteiger partial charge in [-0.2, -0.15) is 0 Å². The van der Waals surface area contributed by atoms with Crippen LogP contribution < -0.4 is 15.4 Å². The number of ether oxygens (including phenoxy) is 1. The standard InChI is InChI=1S/C21H27N3O2S/c1-2-3-4-5-6-7-15-26-19-12-10-18(11-13-19)23-21(27)24-20(25)17-9-8-14-22-16-17/h8-14,16H,2-7,15H2,1H3,(H2,23,24,25,27). The summed E-state index contributed by atoms with van der Waals surface area (Å²) in [5.41, 5.74) is 1.25. The van der Waals surface area contributed by atoms with E-state index in [9.17, 15) is 4.79 Å². The molecule has 1 heterocycles. The molecular formula is C21H27N3O2S. The van der Waals surface area contributed by atoms with Crippen LogP contribution in [0.3, 0.4) is 0 Å². The quantitative estimate of drug-likeness (QED) is 0.448. The molecule has 0 radical (unpaired) electrons. The number of carbonyl (C=O) groups is 1. The van der Waals surface area contributed by atoms with Crippen LogP contribution in [-0.2, 0) is 0 Å². The SMILES string of the molecule is CCCCCCCCOc1ccc(NC(=S)NC(=O)c2cccnc2)cc1. The number of thiocarbonyl (C=S) groups is 1. The Balaban J connectivity index is 1.68. The first-order valence-electron chi connectivity index (χ1n) is 9.44. The Morgan fingerprint density at radius 3 is 2.52 bits per heavy atom. The van der Waals surface area contributed by atoms with Gasteiger partial charge < -0.3 is 10.1 Å². The molecule has 0 saturated carbocycles. The Labute approximate surface area is 166 Å². The molecule has 5 nitrogen and oxygen atoms in total. The second kappa shape index (κ2) is 12.0. The lowest BCUT2D eigenvalue weighted by Crippen LogP contribution is -2.34. The molecule has 0 aliphatic rings. The van der Waals surface area contributed by atoms with E-state index in [-0.39, 0.29) is 11.0 Å². The number of anilines is 1. The van der Waals surface area contributed by atoms with E-state index >= 15 is 0 Å². The summed E-state index contributed by atoms with van der Waals surface area (Å²) in [4.78, 5) is 15.9. The van der Waals surface area contributed by atoms with E-state index in [2.05, 4.69) is 22.5 Å². The molecule has 0 unspecified atom stereocenters. The second-order valence-corrected chi connectivity index (χ2v) is 6.70. The lowest BCUT2D eigenvalue weighted by atomic mass is 10.1. The van der Waals surface area contributed by atoms with Crippen molar-refractivity contribution in [2.75, 3.05) is 11.9 Å². The Bertz CT molecular complexity index is 705. The molecule has 1 aromatic heterocycles. The number of unbranched alkanes of at least 4 members (excludes halogenated alkanes) is 5. The number of hydrogen-bond acceptors (Lipinski definition) is 4.